The summed E-state index contributed by atoms with van der Waals surface area (Å²) in [5.41, 5.74) is 3.76. The first-order chi connectivity index (χ1) is 13.5. The van der Waals surface area contributed by atoms with E-state index in [1.807, 2.05) is 29.9 Å². The lowest BCUT2D eigenvalue weighted by Crippen LogP contribution is -2.30. The fraction of sp³-hybridized carbons (Fsp3) is 0.250. The van der Waals surface area contributed by atoms with Crippen LogP contribution in [-0.4, -0.2) is 27.5 Å². The molecule has 2 aromatic heterocycles. The minimum absolute atomic E-state index is 0.178. The third-order valence-corrected chi connectivity index (χ3v) is 5.36. The van der Waals surface area contributed by atoms with Crippen LogP contribution in [0.2, 0.25) is 0 Å². The van der Waals surface area contributed by atoms with Gasteiger partial charge in [0.1, 0.15) is 0 Å². The maximum Gasteiger partial charge on any atom is 0.319 e. The topological polar surface area (TPSA) is 88.0 Å². The van der Waals surface area contributed by atoms with Crippen molar-refractivity contribution in [1.29, 1.82) is 0 Å². The molecule has 144 valence electrons. The van der Waals surface area contributed by atoms with E-state index >= 15 is 0 Å². The zero-order valence-corrected chi connectivity index (χ0v) is 16.5. The highest BCUT2D eigenvalue weighted by atomic mass is 32.1. The first kappa shape index (κ1) is 18.2. The van der Waals surface area contributed by atoms with Crippen LogP contribution in [0.25, 0.3) is 5.13 Å². The molecule has 0 atom stereocenters. The average Bonchev–Trinajstić information content (AvgIpc) is 3.20. The van der Waals surface area contributed by atoms with Crippen molar-refractivity contribution < 1.29 is 9.59 Å². The highest BCUT2D eigenvalue weighted by Crippen LogP contribution is 2.23. The average molecular weight is 395 g/mol. The first-order valence-corrected chi connectivity index (χ1v) is 9.97. The lowest BCUT2D eigenvalue weighted by atomic mass is 10.2. The van der Waals surface area contributed by atoms with Crippen molar-refractivity contribution in [1.82, 2.24) is 14.9 Å². The molecule has 8 heteroatoms. The molecule has 0 saturated heterocycles. The molecule has 0 aliphatic heterocycles. The monoisotopic (exact) mass is 395 g/mol. The van der Waals surface area contributed by atoms with Crippen LogP contribution in [0.15, 0.2) is 41.9 Å². The minimum atomic E-state index is -0.200. The van der Waals surface area contributed by atoms with E-state index in [2.05, 4.69) is 20.9 Å². The van der Waals surface area contributed by atoms with Crippen LogP contribution in [0.5, 0.6) is 0 Å². The van der Waals surface area contributed by atoms with E-state index < -0.39 is 0 Å². The van der Waals surface area contributed by atoms with Gasteiger partial charge in [-0.15, -0.1) is 11.3 Å². The third kappa shape index (κ3) is 3.91. The van der Waals surface area contributed by atoms with Crippen LogP contribution in [-0.2, 0) is 0 Å². The van der Waals surface area contributed by atoms with Gasteiger partial charge in [0.25, 0.3) is 5.91 Å². The van der Waals surface area contributed by atoms with E-state index in [9.17, 15) is 9.59 Å². The molecule has 4 rings (SSSR count). The number of rotatable bonds is 5. The SMILES string of the molecule is Cc1cc(C(=O)Nc2ccc(NC(=O)NC3CC3)cc2)c(C)n1-c1nccs1. The van der Waals surface area contributed by atoms with E-state index in [1.165, 1.54) is 11.3 Å². The second-order valence-corrected chi connectivity index (χ2v) is 7.71. The molecule has 1 aliphatic carbocycles. The molecule has 0 bridgehead atoms. The Bertz CT molecular complexity index is 1000. The van der Waals surface area contributed by atoms with Crippen molar-refractivity contribution in [2.75, 3.05) is 10.6 Å². The Labute approximate surface area is 166 Å². The van der Waals surface area contributed by atoms with Crippen LogP contribution in [0.1, 0.15) is 34.6 Å². The number of hydrogen-bond acceptors (Lipinski definition) is 4. The number of aromatic nitrogens is 2. The molecule has 3 amide bonds. The van der Waals surface area contributed by atoms with Crippen molar-refractivity contribution in [3.63, 3.8) is 0 Å². The molecule has 1 aromatic carbocycles. The number of hydrogen-bond donors (Lipinski definition) is 3. The molecule has 1 saturated carbocycles. The molecule has 0 radical (unpaired) electrons. The summed E-state index contributed by atoms with van der Waals surface area (Å²) in [6.07, 6.45) is 3.84. The first-order valence-electron chi connectivity index (χ1n) is 9.09. The molecule has 0 spiro atoms. The van der Waals surface area contributed by atoms with Crippen molar-refractivity contribution in [2.45, 2.75) is 32.7 Å². The molecule has 3 N–H and O–H groups in total. The van der Waals surface area contributed by atoms with E-state index in [4.69, 9.17) is 0 Å². The van der Waals surface area contributed by atoms with E-state index in [1.54, 1.807) is 30.5 Å². The van der Waals surface area contributed by atoms with Crippen molar-refractivity contribution in [3.05, 3.63) is 58.9 Å². The van der Waals surface area contributed by atoms with Gasteiger partial charge >= 0.3 is 6.03 Å². The van der Waals surface area contributed by atoms with Gasteiger partial charge in [0.15, 0.2) is 5.13 Å². The molecule has 3 aromatic rings. The Hall–Kier alpha value is -3.13. The Morgan fingerprint density at radius 3 is 2.39 bits per heavy atom. The smallest absolute Gasteiger partial charge is 0.319 e. The van der Waals surface area contributed by atoms with Gasteiger partial charge in [0, 0.05) is 40.4 Å². The molecule has 7 nitrogen and oxygen atoms in total. The van der Waals surface area contributed by atoms with Gasteiger partial charge in [-0.05, 0) is 57.0 Å². The standard InChI is InChI=1S/C20H21N5O2S/c1-12-11-17(13(2)25(12)20-21-9-10-28-20)18(26)22-14-3-5-15(6-4-14)23-19(27)24-16-7-8-16/h3-6,9-11,16H,7-8H2,1-2H3,(H,22,26)(H2,23,24,27). The van der Waals surface area contributed by atoms with Gasteiger partial charge in [-0.25, -0.2) is 9.78 Å². The quantitative estimate of drug-likeness (QED) is 0.608. The van der Waals surface area contributed by atoms with E-state index in [0.29, 0.717) is 23.0 Å². The number of nitrogens with zero attached hydrogens (tertiary/aromatic N) is 2. The summed E-state index contributed by atoms with van der Waals surface area (Å²) >= 11 is 1.53. The number of aryl methyl sites for hydroxylation is 1. The highest BCUT2D eigenvalue weighted by Gasteiger charge is 2.23. The predicted octanol–water partition coefficient (Wildman–Crippen LogP) is 4.09. The van der Waals surface area contributed by atoms with Gasteiger partial charge in [0.05, 0.1) is 5.56 Å². The molecule has 0 unspecified atom stereocenters. The fourth-order valence-electron chi connectivity index (χ4n) is 3.03. The third-order valence-electron chi connectivity index (χ3n) is 4.60. The van der Waals surface area contributed by atoms with Crippen LogP contribution >= 0.6 is 11.3 Å². The van der Waals surface area contributed by atoms with Crippen molar-refractivity contribution in [2.24, 2.45) is 0 Å². The Morgan fingerprint density at radius 2 is 1.79 bits per heavy atom. The van der Waals surface area contributed by atoms with Gasteiger partial charge in [-0.2, -0.15) is 0 Å². The van der Waals surface area contributed by atoms with E-state index in [-0.39, 0.29) is 11.9 Å². The number of nitrogens with one attached hydrogen (secondary N) is 3. The summed E-state index contributed by atoms with van der Waals surface area (Å²) in [7, 11) is 0. The summed E-state index contributed by atoms with van der Waals surface area (Å²) in [4.78, 5) is 28.9. The number of anilines is 2. The number of carbonyl (C=O) groups is 2. The second-order valence-electron chi connectivity index (χ2n) is 6.84. The van der Waals surface area contributed by atoms with Crippen molar-refractivity contribution >= 4 is 34.6 Å². The summed E-state index contributed by atoms with van der Waals surface area (Å²) in [5, 5.41) is 11.3. The summed E-state index contributed by atoms with van der Waals surface area (Å²) in [6, 6.07) is 9.04. The molecule has 1 fully saturated rings. The fourth-order valence-corrected chi connectivity index (χ4v) is 3.78. The Balaban J connectivity index is 1.43. The second kappa shape index (κ2) is 7.47. The van der Waals surface area contributed by atoms with E-state index in [0.717, 1.165) is 29.4 Å². The molecular formula is C20H21N5O2S. The lowest BCUT2D eigenvalue weighted by Gasteiger charge is -2.09. The predicted molar refractivity (Wildman–Crippen MR) is 110 cm³/mol. The summed E-state index contributed by atoms with van der Waals surface area (Å²) < 4.78 is 1.98. The zero-order valence-electron chi connectivity index (χ0n) is 15.7. The molecule has 2 heterocycles. The Kier molecular flexibility index (Phi) is 4.87. The molecular weight excluding hydrogens is 374 g/mol. The van der Waals surface area contributed by atoms with Crippen LogP contribution < -0.4 is 16.0 Å². The highest BCUT2D eigenvalue weighted by molar-refractivity contribution is 7.12. The summed E-state index contributed by atoms with van der Waals surface area (Å²) in [6.45, 7) is 3.87. The lowest BCUT2D eigenvalue weighted by molar-refractivity contribution is 0.102. The maximum absolute atomic E-state index is 12.7. The van der Waals surface area contributed by atoms with Crippen LogP contribution in [0.4, 0.5) is 16.2 Å². The van der Waals surface area contributed by atoms with Crippen LogP contribution in [0, 0.1) is 13.8 Å². The maximum atomic E-state index is 12.7. The summed E-state index contributed by atoms with van der Waals surface area (Å²) in [5.74, 6) is -0.178. The van der Waals surface area contributed by atoms with Gasteiger partial charge in [-0.3, -0.25) is 9.36 Å². The Morgan fingerprint density at radius 1 is 1.11 bits per heavy atom. The van der Waals surface area contributed by atoms with Gasteiger partial charge in [0.2, 0.25) is 0 Å². The number of amides is 3. The van der Waals surface area contributed by atoms with Crippen LogP contribution in [0.3, 0.4) is 0 Å². The zero-order chi connectivity index (χ0) is 19.7. The van der Waals surface area contributed by atoms with Gasteiger partial charge in [-0.1, -0.05) is 0 Å². The van der Waals surface area contributed by atoms with Gasteiger partial charge < -0.3 is 16.0 Å². The van der Waals surface area contributed by atoms with Crippen molar-refractivity contribution in [3.8, 4) is 5.13 Å². The molecule has 1 aliphatic rings. The normalized spacial score (nSPS) is 13.2. The number of thiazole rings is 1. The largest absolute Gasteiger partial charge is 0.335 e. The number of benzene rings is 1. The number of urea groups is 1. The number of carbonyl (C=O) groups excluding carboxylic acids is 2. The molecule has 28 heavy (non-hydrogen) atoms. The minimum Gasteiger partial charge on any atom is -0.335 e.